The van der Waals surface area contributed by atoms with Gasteiger partial charge in [0.2, 0.25) is 0 Å². The molecule has 0 unspecified atom stereocenters. The minimum absolute atomic E-state index is 0.101. The predicted octanol–water partition coefficient (Wildman–Crippen LogP) is 2.02. The number of carbonyl (C=O) groups is 2. The number of allylic oxidation sites excluding steroid dienone is 1. The Hall–Kier alpha value is -3.08. The summed E-state index contributed by atoms with van der Waals surface area (Å²) in [5, 5.41) is 9.13. The van der Waals surface area contributed by atoms with Crippen LogP contribution in [0, 0.1) is 0 Å². The van der Waals surface area contributed by atoms with Gasteiger partial charge >= 0.3 is 0 Å². The first-order valence-electron chi connectivity index (χ1n) is 6.27. The number of aromatic hydroxyl groups is 1. The number of hydrazine groups is 1. The molecule has 0 radical (unpaired) electrons. The van der Waals surface area contributed by atoms with Crippen molar-refractivity contribution in [2.45, 2.75) is 0 Å². The molecule has 0 spiro atoms. The lowest BCUT2D eigenvalue weighted by Crippen LogP contribution is -2.33. The van der Waals surface area contributed by atoms with Crippen LogP contribution in [0.4, 0.5) is 0 Å². The van der Waals surface area contributed by atoms with Gasteiger partial charge in [-0.3, -0.25) is 15.0 Å². The number of phenols is 1. The Labute approximate surface area is 121 Å². The molecule has 0 aliphatic carbocycles. The molecule has 1 amide bonds. The van der Waals surface area contributed by atoms with E-state index in [1.165, 1.54) is 36.5 Å². The van der Waals surface area contributed by atoms with Gasteiger partial charge in [0.15, 0.2) is 5.78 Å². The smallest absolute Gasteiger partial charge is 0.269 e. The van der Waals surface area contributed by atoms with Crippen molar-refractivity contribution in [1.82, 2.24) is 10.9 Å². The van der Waals surface area contributed by atoms with Crippen molar-refractivity contribution in [3.63, 3.8) is 0 Å². The van der Waals surface area contributed by atoms with E-state index in [0.717, 1.165) is 0 Å². The highest BCUT2D eigenvalue weighted by Crippen LogP contribution is 2.10. The summed E-state index contributed by atoms with van der Waals surface area (Å²) < 4.78 is 0. The third kappa shape index (κ3) is 4.21. The Morgan fingerprint density at radius 1 is 0.905 bits per heavy atom. The first kappa shape index (κ1) is 14.3. The second kappa shape index (κ2) is 6.91. The Kier molecular flexibility index (Phi) is 4.71. The standard InChI is InChI=1S/C16H14N2O3/c19-14-8-6-12(7-9-14)15(20)10-11-17-18-16(21)13-4-2-1-3-5-13/h1-11,17,19H,(H,18,21)/b11-10+. The fourth-order valence-corrected chi connectivity index (χ4v) is 1.61. The van der Waals surface area contributed by atoms with Crippen LogP contribution in [0.2, 0.25) is 0 Å². The van der Waals surface area contributed by atoms with Gasteiger partial charge in [-0.05, 0) is 36.4 Å². The number of nitrogens with one attached hydrogen (secondary N) is 2. The Balaban J connectivity index is 1.84. The average molecular weight is 282 g/mol. The normalized spacial score (nSPS) is 10.3. The maximum absolute atomic E-state index is 11.7. The van der Waals surface area contributed by atoms with Gasteiger partial charge in [0.05, 0.1) is 0 Å². The summed E-state index contributed by atoms with van der Waals surface area (Å²) in [6, 6.07) is 14.6. The van der Waals surface area contributed by atoms with E-state index in [-0.39, 0.29) is 17.4 Å². The van der Waals surface area contributed by atoms with E-state index in [9.17, 15) is 9.59 Å². The molecular weight excluding hydrogens is 268 g/mol. The zero-order chi connectivity index (χ0) is 15.1. The topological polar surface area (TPSA) is 78.4 Å². The highest BCUT2D eigenvalue weighted by molar-refractivity contribution is 6.04. The van der Waals surface area contributed by atoms with Crippen molar-refractivity contribution in [3.05, 3.63) is 78.0 Å². The van der Waals surface area contributed by atoms with E-state index in [1.807, 2.05) is 6.07 Å². The van der Waals surface area contributed by atoms with Crippen molar-refractivity contribution in [2.75, 3.05) is 0 Å². The number of hydrogen-bond acceptors (Lipinski definition) is 4. The summed E-state index contributed by atoms with van der Waals surface area (Å²) in [6.07, 6.45) is 2.63. The van der Waals surface area contributed by atoms with E-state index >= 15 is 0 Å². The van der Waals surface area contributed by atoms with Crippen LogP contribution >= 0.6 is 0 Å². The number of phenolic OH excluding ortho intramolecular Hbond substituents is 1. The molecule has 0 bridgehead atoms. The van der Waals surface area contributed by atoms with Gasteiger partial charge < -0.3 is 10.5 Å². The number of ketones is 1. The molecule has 0 aliphatic heterocycles. The molecule has 2 aromatic rings. The minimum atomic E-state index is -0.294. The van der Waals surface area contributed by atoms with Crippen LogP contribution < -0.4 is 10.9 Å². The number of benzene rings is 2. The van der Waals surface area contributed by atoms with Crippen molar-refractivity contribution < 1.29 is 14.7 Å². The van der Waals surface area contributed by atoms with E-state index in [2.05, 4.69) is 10.9 Å². The lowest BCUT2D eigenvalue weighted by Gasteiger charge is -2.03. The molecule has 5 nitrogen and oxygen atoms in total. The van der Waals surface area contributed by atoms with Crippen LogP contribution in [0.25, 0.3) is 0 Å². The van der Waals surface area contributed by atoms with Crippen LogP contribution in [0.5, 0.6) is 5.75 Å². The van der Waals surface area contributed by atoms with E-state index < -0.39 is 0 Å². The van der Waals surface area contributed by atoms with Crippen molar-refractivity contribution >= 4 is 11.7 Å². The molecule has 0 fully saturated rings. The van der Waals surface area contributed by atoms with Gasteiger partial charge in [0, 0.05) is 23.4 Å². The Bertz CT molecular complexity index is 649. The maximum Gasteiger partial charge on any atom is 0.269 e. The summed E-state index contributed by atoms with van der Waals surface area (Å²) >= 11 is 0. The second-order valence-corrected chi connectivity index (χ2v) is 4.21. The summed E-state index contributed by atoms with van der Waals surface area (Å²) in [6.45, 7) is 0. The molecule has 106 valence electrons. The molecule has 0 saturated heterocycles. The van der Waals surface area contributed by atoms with Crippen LogP contribution in [-0.4, -0.2) is 16.8 Å². The van der Waals surface area contributed by atoms with Gasteiger partial charge in [-0.1, -0.05) is 18.2 Å². The molecule has 0 saturated carbocycles. The SMILES string of the molecule is O=C(/C=C/NNC(=O)c1ccccc1)c1ccc(O)cc1. The Morgan fingerprint density at radius 2 is 1.57 bits per heavy atom. The quantitative estimate of drug-likeness (QED) is 0.445. The van der Waals surface area contributed by atoms with Crippen LogP contribution in [-0.2, 0) is 0 Å². The van der Waals surface area contributed by atoms with Crippen LogP contribution in [0.15, 0.2) is 66.9 Å². The summed E-state index contributed by atoms with van der Waals surface area (Å²) in [4.78, 5) is 23.4. The maximum atomic E-state index is 11.7. The van der Waals surface area contributed by atoms with Gasteiger partial charge in [-0.25, -0.2) is 0 Å². The molecule has 21 heavy (non-hydrogen) atoms. The fraction of sp³-hybridized carbons (Fsp3) is 0. The molecule has 0 aliphatic rings. The summed E-state index contributed by atoms with van der Waals surface area (Å²) in [5.41, 5.74) is 5.95. The minimum Gasteiger partial charge on any atom is -0.508 e. The van der Waals surface area contributed by atoms with Gasteiger partial charge in [0.25, 0.3) is 5.91 Å². The lowest BCUT2D eigenvalue weighted by atomic mass is 10.1. The van der Waals surface area contributed by atoms with E-state index in [1.54, 1.807) is 24.3 Å². The molecule has 2 rings (SSSR count). The Morgan fingerprint density at radius 3 is 2.24 bits per heavy atom. The average Bonchev–Trinajstić information content (AvgIpc) is 2.52. The molecule has 3 N–H and O–H groups in total. The highest BCUT2D eigenvalue weighted by Gasteiger charge is 2.03. The molecule has 0 atom stereocenters. The van der Waals surface area contributed by atoms with Crippen LogP contribution in [0.1, 0.15) is 20.7 Å². The number of rotatable bonds is 5. The fourth-order valence-electron chi connectivity index (χ4n) is 1.61. The van der Waals surface area contributed by atoms with Gasteiger partial charge in [0.1, 0.15) is 5.75 Å². The number of hydrogen-bond donors (Lipinski definition) is 3. The largest absolute Gasteiger partial charge is 0.508 e. The van der Waals surface area contributed by atoms with Gasteiger partial charge in [-0.2, -0.15) is 0 Å². The lowest BCUT2D eigenvalue weighted by molar-refractivity contribution is 0.0939. The number of amides is 1. The molecule has 0 aromatic heterocycles. The predicted molar refractivity (Wildman–Crippen MR) is 78.6 cm³/mol. The van der Waals surface area contributed by atoms with Gasteiger partial charge in [-0.15, -0.1) is 0 Å². The summed E-state index contributed by atoms with van der Waals surface area (Å²) in [7, 11) is 0. The zero-order valence-corrected chi connectivity index (χ0v) is 11.1. The van der Waals surface area contributed by atoms with Crippen molar-refractivity contribution in [1.29, 1.82) is 0 Å². The molecule has 5 heteroatoms. The first-order valence-corrected chi connectivity index (χ1v) is 6.27. The van der Waals surface area contributed by atoms with E-state index in [0.29, 0.717) is 11.1 Å². The highest BCUT2D eigenvalue weighted by atomic mass is 16.3. The molecule has 2 aromatic carbocycles. The monoisotopic (exact) mass is 282 g/mol. The second-order valence-electron chi connectivity index (χ2n) is 4.21. The third-order valence-corrected chi connectivity index (χ3v) is 2.69. The first-order chi connectivity index (χ1) is 10.2. The van der Waals surface area contributed by atoms with Crippen LogP contribution in [0.3, 0.4) is 0 Å². The zero-order valence-electron chi connectivity index (χ0n) is 11.1. The van der Waals surface area contributed by atoms with Crippen molar-refractivity contribution in [2.24, 2.45) is 0 Å². The molecule has 0 heterocycles. The third-order valence-electron chi connectivity index (χ3n) is 2.69. The summed E-state index contributed by atoms with van der Waals surface area (Å²) in [5.74, 6) is -0.433. The van der Waals surface area contributed by atoms with Crippen molar-refractivity contribution in [3.8, 4) is 5.75 Å². The number of carbonyl (C=O) groups excluding carboxylic acids is 2. The molecular formula is C16H14N2O3. The van der Waals surface area contributed by atoms with E-state index in [4.69, 9.17) is 5.11 Å².